The van der Waals surface area contributed by atoms with Crippen molar-refractivity contribution in [2.24, 2.45) is 34.5 Å². The van der Waals surface area contributed by atoms with Crippen LogP contribution in [0.4, 0.5) is 0 Å². The zero-order valence-corrected chi connectivity index (χ0v) is 11.4. The molecule has 0 bridgehead atoms. The van der Waals surface area contributed by atoms with Crippen LogP contribution in [0.25, 0.3) is 0 Å². The highest BCUT2D eigenvalue weighted by atomic mass is 16.1. The zero-order chi connectivity index (χ0) is 12.1. The van der Waals surface area contributed by atoms with Crippen LogP contribution < -0.4 is 0 Å². The third-order valence-electron chi connectivity index (χ3n) is 6.17. The summed E-state index contributed by atoms with van der Waals surface area (Å²) in [6.07, 6.45) is 4.94. The largest absolute Gasteiger partial charge is 0.303 e. The molecule has 0 spiro atoms. The molecule has 16 heavy (non-hydrogen) atoms. The maximum atomic E-state index is 11.3. The third-order valence-corrected chi connectivity index (χ3v) is 6.17. The number of fused-ring (bicyclic) bond motifs is 1. The Hall–Kier alpha value is -0.330. The molecule has 0 N–H and O–H groups in total. The summed E-state index contributed by atoms with van der Waals surface area (Å²) in [5.41, 5.74) is 0.718. The molecule has 0 amide bonds. The van der Waals surface area contributed by atoms with E-state index in [-0.39, 0.29) is 0 Å². The van der Waals surface area contributed by atoms with Gasteiger partial charge in [0.15, 0.2) is 0 Å². The predicted molar refractivity (Wildman–Crippen MR) is 67.1 cm³/mol. The first-order valence-corrected chi connectivity index (χ1v) is 6.78. The molecule has 4 unspecified atom stereocenters. The molecule has 0 aliphatic heterocycles. The van der Waals surface area contributed by atoms with E-state index in [1.165, 1.54) is 19.1 Å². The minimum absolute atomic E-state index is 0.318. The van der Waals surface area contributed by atoms with Gasteiger partial charge in [0.1, 0.15) is 6.29 Å². The molecule has 2 fully saturated rings. The summed E-state index contributed by atoms with van der Waals surface area (Å²) in [4.78, 5) is 11.3. The van der Waals surface area contributed by atoms with Gasteiger partial charge in [-0.15, -0.1) is 0 Å². The second-order valence-electron chi connectivity index (χ2n) is 7.23. The molecule has 4 atom stereocenters. The van der Waals surface area contributed by atoms with Gasteiger partial charge in [-0.1, -0.05) is 41.0 Å². The Kier molecular flexibility index (Phi) is 2.72. The molecular weight excluding hydrogens is 196 g/mol. The second-order valence-corrected chi connectivity index (χ2v) is 7.23. The summed E-state index contributed by atoms with van der Waals surface area (Å²) in [6.45, 7) is 12.0. The Morgan fingerprint density at radius 1 is 1.06 bits per heavy atom. The fourth-order valence-corrected chi connectivity index (χ4v) is 4.86. The Morgan fingerprint density at radius 3 is 2.25 bits per heavy atom. The number of hydrogen-bond acceptors (Lipinski definition) is 1. The normalized spacial score (nSPS) is 45.1. The topological polar surface area (TPSA) is 17.1 Å². The fourth-order valence-electron chi connectivity index (χ4n) is 4.86. The van der Waals surface area contributed by atoms with Gasteiger partial charge in [0.2, 0.25) is 0 Å². The summed E-state index contributed by atoms with van der Waals surface area (Å²) in [5.74, 6) is 2.39. The number of carbonyl (C=O) groups excluding carboxylic acids is 1. The Balaban J connectivity index is 2.41. The molecular formula is C15H26O. The van der Waals surface area contributed by atoms with Gasteiger partial charge in [-0.05, 0) is 41.4 Å². The lowest BCUT2D eigenvalue weighted by atomic mass is 9.64. The van der Waals surface area contributed by atoms with E-state index < -0.39 is 0 Å². The number of hydrogen-bond donors (Lipinski definition) is 0. The predicted octanol–water partition coefficient (Wildman–Crippen LogP) is 3.92. The van der Waals surface area contributed by atoms with Crippen molar-refractivity contribution in [1.82, 2.24) is 0 Å². The minimum atomic E-state index is 0.318. The SMILES string of the molecule is CC1C(C)(C)C2CCCC(C=O)C2C1(C)C. The van der Waals surface area contributed by atoms with Crippen molar-refractivity contribution in [3.8, 4) is 0 Å². The van der Waals surface area contributed by atoms with Gasteiger partial charge >= 0.3 is 0 Å². The lowest BCUT2D eigenvalue weighted by molar-refractivity contribution is -0.116. The number of carbonyl (C=O) groups is 1. The summed E-state index contributed by atoms with van der Waals surface area (Å²) < 4.78 is 0. The van der Waals surface area contributed by atoms with Crippen LogP contribution in [0.2, 0.25) is 0 Å². The highest BCUT2D eigenvalue weighted by molar-refractivity contribution is 5.55. The number of rotatable bonds is 1. The molecule has 0 aromatic rings. The average Bonchev–Trinajstić information content (AvgIpc) is 2.38. The second kappa shape index (κ2) is 3.58. The van der Waals surface area contributed by atoms with E-state index in [0.29, 0.717) is 28.6 Å². The van der Waals surface area contributed by atoms with Crippen LogP contribution in [0, 0.1) is 34.5 Å². The minimum Gasteiger partial charge on any atom is -0.303 e. The van der Waals surface area contributed by atoms with Gasteiger partial charge in [-0.25, -0.2) is 0 Å². The van der Waals surface area contributed by atoms with Crippen LogP contribution >= 0.6 is 0 Å². The van der Waals surface area contributed by atoms with E-state index in [1.54, 1.807) is 0 Å². The molecule has 0 heterocycles. The Morgan fingerprint density at radius 2 is 1.69 bits per heavy atom. The van der Waals surface area contributed by atoms with Crippen LogP contribution in [-0.4, -0.2) is 6.29 Å². The molecule has 2 saturated carbocycles. The third kappa shape index (κ3) is 1.39. The lowest BCUT2D eigenvalue weighted by Crippen LogP contribution is -2.36. The summed E-state index contributed by atoms with van der Waals surface area (Å²) in [6, 6.07) is 0. The van der Waals surface area contributed by atoms with Crippen LogP contribution in [0.5, 0.6) is 0 Å². The standard InChI is InChI=1S/C15H26O/c1-10-14(2,3)12-8-6-7-11(9-16)13(12)15(10,4)5/h9-13H,6-8H2,1-5H3. The van der Waals surface area contributed by atoms with Gasteiger partial charge in [0.05, 0.1) is 0 Å². The highest BCUT2D eigenvalue weighted by Crippen LogP contribution is 2.65. The molecule has 1 nitrogen and oxygen atoms in total. The van der Waals surface area contributed by atoms with Crippen LogP contribution in [0.1, 0.15) is 53.9 Å². The maximum absolute atomic E-state index is 11.3. The number of aldehydes is 1. The van der Waals surface area contributed by atoms with E-state index >= 15 is 0 Å². The maximum Gasteiger partial charge on any atom is 0.123 e. The summed E-state index contributed by atoms with van der Waals surface area (Å²) in [5, 5.41) is 0. The van der Waals surface area contributed by atoms with Gasteiger partial charge in [0.25, 0.3) is 0 Å². The van der Waals surface area contributed by atoms with Crippen molar-refractivity contribution < 1.29 is 4.79 Å². The Bertz CT molecular complexity index is 290. The van der Waals surface area contributed by atoms with E-state index in [0.717, 1.165) is 12.3 Å². The van der Waals surface area contributed by atoms with Gasteiger partial charge in [0, 0.05) is 5.92 Å². The summed E-state index contributed by atoms with van der Waals surface area (Å²) in [7, 11) is 0. The van der Waals surface area contributed by atoms with Gasteiger partial charge < -0.3 is 4.79 Å². The molecule has 0 aromatic carbocycles. The van der Waals surface area contributed by atoms with Gasteiger partial charge in [-0.2, -0.15) is 0 Å². The van der Waals surface area contributed by atoms with E-state index in [9.17, 15) is 4.79 Å². The average molecular weight is 222 g/mol. The molecule has 2 aliphatic rings. The van der Waals surface area contributed by atoms with Crippen molar-refractivity contribution in [2.45, 2.75) is 53.9 Å². The Labute approximate surface area is 100.0 Å². The molecule has 0 radical (unpaired) electrons. The first-order chi connectivity index (χ1) is 7.33. The quantitative estimate of drug-likeness (QED) is 0.615. The molecule has 0 aromatic heterocycles. The lowest BCUT2D eigenvalue weighted by Gasteiger charge is -2.40. The van der Waals surface area contributed by atoms with Crippen molar-refractivity contribution in [1.29, 1.82) is 0 Å². The van der Waals surface area contributed by atoms with Crippen molar-refractivity contribution in [3.63, 3.8) is 0 Å². The molecule has 92 valence electrons. The smallest absolute Gasteiger partial charge is 0.123 e. The van der Waals surface area contributed by atoms with E-state index in [4.69, 9.17) is 0 Å². The van der Waals surface area contributed by atoms with Crippen molar-refractivity contribution in [2.75, 3.05) is 0 Å². The van der Waals surface area contributed by atoms with Crippen LogP contribution in [-0.2, 0) is 4.79 Å². The van der Waals surface area contributed by atoms with Crippen molar-refractivity contribution in [3.05, 3.63) is 0 Å². The van der Waals surface area contributed by atoms with Crippen LogP contribution in [0.15, 0.2) is 0 Å². The van der Waals surface area contributed by atoms with Gasteiger partial charge in [-0.3, -0.25) is 0 Å². The summed E-state index contributed by atoms with van der Waals surface area (Å²) >= 11 is 0. The molecule has 2 aliphatic carbocycles. The van der Waals surface area contributed by atoms with Crippen LogP contribution in [0.3, 0.4) is 0 Å². The zero-order valence-electron chi connectivity index (χ0n) is 11.4. The van der Waals surface area contributed by atoms with E-state index in [2.05, 4.69) is 34.6 Å². The monoisotopic (exact) mass is 222 g/mol. The van der Waals surface area contributed by atoms with Crippen molar-refractivity contribution >= 4 is 6.29 Å². The van der Waals surface area contributed by atoms with E-state index in [1.807, 2.05) is 0 Å². The highest BCUT2D eigenvalue weighted by Gasteiger charge is 2.59. The molecule has 0 saturated heterocycles. The molecule has 1 heteroatoms. The first kappa shape index (κ1) is 12.1. The first-order valence-electron chi connectivity index (χ1n) is 6.78. The fraction of sp³-hybridized carbons (Fsp3) is 0.933. The molecule has 2 rings (SSSR count).